The smallest absolute Gasteiger partial charge is 0.163 e. The first-order valence-electron chi connectivity index (χ1n) is 21.8. The van der Waals surface area contributed by atoms with Crippen LogP contribution in [-0.2, 0) is 0 Å². The van der Waals surface area contributed by atoms with Gasteiger partial charge in [0.15, 0.2) is 11.5 Å². The minimum absolute atomic E-state index is 0.620. The van der Waals surface area contributed by atoms with E-state index in [1.165, 1.54) is 77.0 Å². The molecule has 4 rings (SSSR count). The molecule has 0 N–H and O–H groups in total. The lowest BCUT2D eigenvalue weighted by Gasteiger charge is -2.18. The van der Waals surface area contributed by atoms with Crippen LogP contribution in [-0.4, -0.2) is 23.2 Å². The van der Waals surface area contributed by atoms with Crippen molar-refractivity contribution < 1.29 is 9.47 Å². The summed E-state index contributed by atoms with van der Waals surface area (Å²) in [6.45, 7) is 20.3. The van der Waals surface area contributed by atoms with Crippen molar-refractivity contribution in [2.45, 2.75) is 145 Å². The lowest BCUT2D eigenvalue weighted by Crippen LogP contribution is -2.09. The fourth-order valence-electron chi connectivity index (χ4n) is 7.58. The Kier molecular flexibility index (Phi) is 18.9. The van der Waals surface area contributed by atoms with Gasteiger partial charge in [0.1, 0.15) is 0 Å². The van der Waals surface area contributed by atoms with Crippen LogP contribution >= 0.6 is 0 Å². The lowest BCUT2D eigenvalue weighted by molar-refractivity contribution is 0.237. The van der Waals surface area contributed by atoms with Gasteiger partial charge in [0.2, 0.25) is 0 Å². The van der Waals surface area contributed by atoms with E-state index in [9.17, 15) is 0 Å². The summed E-state index contributed by atoms with van der Waals surface area (Å²) in [5.74, 6) is 6.05. The van der Waals surface area contributed by atoms with Crippen molar-refractivity contribution in [1.29, 1.82) is 0 Å². The first kappa shape index (κ1) is 43.3. The largest absolute Gasteiger partial charge is 0.490 e. The van der Waals surface area contributed by atoms with E-state index in [-0.39, 0.29) is 0 Å². The summed E-state index contributed by atoms with van der Waals surface area (Å²) in [5.41, 5.74) is 5.51. The summed E-state index contributed by atoms with van der Waals surface area (Å²) >= 11 is 0. The molecule has 4 unspecified atom stereocenters. The average molecular weight is 735 g/mol. The van der Waals surface area contributed by atoms with E-state index in [0.717, 1.165) is 81.6 Å². The molecule has 3 aromatic carbocycles. The second-order valence-corrected chi connectivity index (χ2v) is 17.6. The molecule has 1 aromatic heterocycles. The Bertz CT molecular complexity index is 1480. The molecule has 0 amide bonds. The predicted octanol–water partition coefficient (Wildman–Crippen LogP) is 15.0. The van der Waals surface area contributed by atoms with Crippen molar-refractivity contribution in [3.63, 3.8) is 0 Å². The van der Waals surface area contributed by atoms with Gasteiger partial charge >= 0.3 is 0 Å². The number of aromatic nitrogens is 2. The topological polar surface area (TPSA) is 44.2 Å². The molecule has 4 aromatic rings. The zero-order chi connectivity index (χ0) is 38.7. The van der Waals surface area contributed by atoms with Gasteiger partial charge in [0.05, 0.1) is 35.6 Å². The molecule has 0 fully saturated rings. The standard InChI is InChI=1S/C50H74N2O2/c1-37(2)19-15-21-39(5)23-17-25-41(7)31-33-53-47-35-45-46(36-48(47)54-34-32-42(8)26-18-24-40(6)22-16-20-38(3)4)52-50(44-29-13-10-14-30-44)49(51-45)43-27-11-9-12-28-43/h9-14,27-30,35-42H,15-26,31-34H2,1-8H3. The minimum Gasteiger partial charge on any atom is -0.490 e. The zero-order valence-corrected chi connectivity index (χ0v) is 35.4. The number of ether oxygens (including phenoxy) is 2. The summed E-state index contributed by atoms with van der Waals surface area (Å²) in [6, 6.07) is 24.9. The molecule has 0 spiro atoms. The second-order valence-electron chi connectivity index (χ2n) is 17.6. The molecule has 0 bridgehead atoms. The summed E-state index contributed by atoms with van der Waals surface area (Å²) in [5, 5.41) is 0. The molecule has 54 heavy (non-hydrogen) atoms. The van der Waals surface area contributed by atoms with Crippen molar-refractivity contribution in [2.24, 2.45) is 35.5 Å². The third-order valence-corrected chi connectivity index (χ3v) is 11.3. The fraction of sp³-hybridized carbons (Fsp3) is 0.600. The van der Waals surface area contributed by atoms with E-state index in [2.05, 4.69) is 116 Å². The number of rotatable bonds is 26. The maximum atomic E-state index is 6.58. The maximum absolute atomic E-state index is 6.58. The maximum Gasteiger partial charge on any atom is 0.163 e. The first-order valence-corrected chi connectivity index (χ1v) is 21.8. The Morgan fingerprint density at radius 1 is 0.407 bits per heavy atom. The molecular formula is C50H74N2O2. The summed E-state index contributed by atoms with van der Waals surface area (Å²) in [6.07, 6.45) is 18.0. The number of hydrogen-bond acceptors (Lipinski definition) is 4. The van der Waals surface area contributed by atoms with Crippen LogP contribution in [0.5, 0.6) is 11.5 Å². The van der Waals surface area contributed by atoms with E-state index in [4.69, 9.17) is 19.4 Å². The van der Waals surface area contributed by atoms with E-state index >= 15 is 0 Å². The molecule has 1 heterocycles. The van der Waals surface area contributed by atoms with Crippen LogP contribution in [0.4, 0.5) is 0 Å². The molecule has 0 saturated carbocycles. The van der Waals surface area contributed by atoms with Gasteiger partial charge in [0, 0.05) is 23.3 Å². The monoisotopic (exact) mass is 735 g/mol. The number of fused-ring (bicyclic) bond motifs is 1. The molecule has 4 nitrogen and oxygen atoms in total. The Hall–Kier alpha value is -3.40. The van der Waals surface area contributed by atoms with Crippen molar-refractivity contribution in [3.05, 3.63) is 72.8 Å². The molecule has 4 atom stereocenters. The molecule has 0 aliphatic rings. The highest BCUT2D eigenvalue weighted by molar-refractivity contribution is 5.88. The van der Waals surface area contributed by atoms with E-state index in [1.807, 2.05) is 12.1 Å². The molecule has 0 radical (unpaired) electrons. The summed E-state index contributed by atoms with van der Waals surface area (Å²) in [7, 11) is 0. The van der Waals surface area contributed by atoms with E-state index in [1.54, 1.807) is 0 Å². The van der Waals surface area contributed by atoms with Crippen molar-refractivity contribution >= 4 is 11.0 Å². The van der Waals surface area contributed by atoms with E-state index < -0.39 is 0 Å². The van der Waals surface area contributed by atoms with Crippen molar-refractivity contribution in [2.75, 3.05) is 13.2 Å². The molecule has 296 valence electrons. The van der Waals surface area contributed by atoms with Gasteiger partial charge in [-0.25, -0.2) is 9.97 Å². The van der Waals surface area contributed by atoms with Crippen LogP contribution < -0.4 is 9.47 Å². The predicted molar refractivity (Wildman–Crippen MR) is 232 cm³/mol. The van der Waals surface area contributed by atoms with Crippen LogP contribution in [0.25, 0.3) is 33.5 Å². The van der Waals surface area contributed by atoms with Crippen LogP contribution in [0, 0.1) is 35.5 Å². The minimum atomic E-state index is 0.620. The first-order chi connectivity index (χ1) is 26.1. The Balaban J connectivity index is 1.44. The van der Waals surface area contributed by atoms with Crippen molar-refractivity contribution in [1.82, 2.24) is 9.97 Å². The molecule has 0 saturated heterocycles. The Morgan fingerprint density at radius 2 is 0.722 bits per heavy atom. The summed E-state index contributed by atoms with van der Waals surface area (Å²) in [4.78, 5) is 10.5. The van der Waals surface area contributed by atoms with Crippen LogP contribution in [0.15, 0.2) is 72.8 Å². The van der Waals surface area contributed by atoms with Gasteiger partial charge in [-0.15, -0.1) is 0 Å². The number of benzene rings is 3. The summed E-state index contributed by atoms with van der Waals surface area (Å²) < 4.78 is 13.2. The number of hydrogen-bond donors (Lipinski definition) is 0. The highest BCUT2D eigenvalue weighted by Gasteiger charge is 2.18. The van der Waals surface area contributed by atoms with Gasteiger partial charge in [-0.1, -0.05) is 193 Å². The molecule has 0 aliphatic heterocycles. The van der Waals surface area contributed by atoms with Gasteiger partial charge in [-0.05, 0) is 48.3 Å². The van der Waals surface area contributed by atoms with Crippen LogP contribution in [0.2, 0.25) is 0 Å². The third-order valence-electron chi connectivity index (χ3n) is 11.3. The van der Waals surface area contributed by atoms with E-state index in [0.29, 0.717) is 25.0 Å². The molecule has 4 heteroatoms. The second kappa shape index (κ2) is 23.5. The highest BCUT2D eigenvalue weighted by Crippen LogP contribution is 2.37. The quantitative estimate of drug-likeness (QED) is 0.0644. The average Bonchev–Trinajstić information content (AvgIpc) is 3.15. The van der Waals surface area contributed by atoms with Gasteiger partial charge < -0.3 is 9.47 Å². The van der Waals surface area contributed by atoms with Gasteiger partial charge in [0.25, 0.3) is 0 Å². The normalized spacial score (nSPS) is 14.0. The number of nitrogens with zero attached hydrogens (tertiary/aromatic N) is 2. The highest BCUT2D eigenvalue weighted by atomic mass is 16.5. The fourth-order valence-corrected chi connectivity index (χ4v) is 7.58. The molecular weight excluding hydrogens is 661 g/mol. The Morgan fingerprint density at radius 3 is 1.06 bits per heavy atom. The lowest BCUT2D eigenvalue weighted by atomic mass is 9.93. The van der Waals surface area contributed by atoms with Crippen LogP contribution in [0.1, 0.15) is 145 Å². The third kappa shape index (κ3) is 15.4. The Labute approximate surface area is 330 Å². The zero-order valence-electron chi connectivity index (χ0n) is 35.4. The molecule has 0 aliphatic carbocycles. The van der Waals surface area contributed by atoms with Crippen molar-refractivity contribution in [3.8, 4) is 34.0 Å². The SMILES string of the molecule is CC(C)CCCC(C)CCCC(C)CCOc1cc2nc(-c3ccccc3)c(-c3ccccc3)nc2cc1OCCC(C)CCCC(C)CCCC(C)C. The van der Waals surface area contributed by atoms with Crippen LogP contribution in [0.3, 0.4) is 0 Å². The van der Waals surface area contributed by atoms with Gasteiger partial charge in [-0.2, -0.15) is 0 Å². The van der Waals surface area contributed by atoms with Gasteiger partial charge in [-0.3, -0.25) is 0 Å².